The van der Waals surface area contributed by atoms with Crippen molar-refractivity contribution in [3.63, 3.8) is 0 Å². The third-order valence-corrected chi connectivity index (χ3v) is 5.14. The summed E-state index contributed by atoms with van der Waals surface area (Å²) in [5.74, 6) is -0.864. The molecule has 3 unspecified atom stereocenters. The highest BCUT2D eigenvalue weighted by Crippen LogP contribution is 2.42. The molecule has 124 valence electrons. The Balaban J connectivity index is 1.64. The first kappa shape index (κ1) is 14.9. The fourth-order valence-electron chi connectivity index (χ4n) is 4.08. The minimum absolute atomic E-state index is 0.0701. The van der Waals surface area contributed by atoms with E-state index in [1.165, 1.54) is 4.90 Å². The number of pyridine rings is 1. The number of carboxylic acids is 1. The largest absolute Gasteiger partial charge is 0.480 e. The zero-order valence-electron chi connectivity index (χ0n) is 13.1. The van der Waals surface area contributed by atoms with Gasteiger partial charge in [0.1, 0.15) is 11.7 Å². The van der Waals surface area contributed by atoms with Crippen molar-refractivity contribution in [2.45, 2.75) is 25.3 Å². The fraction of sp³-hybridized carbons (Fsp3) is 0.412. The van der Waals surface area contributed by atoms with Crippen molar-refractivity contribution in [2.24, 2.45) is 11.8 Å². The average Bonchev–Trinajstić information content (AvgIpc) is 3.30. The Morgan fingerprint density at radius 1 is 1.25 bits per heavy atom. The van der Waals surface area contributed by atoms with Gasteiger partial charge in [-0.3, -0.25) is 9.78 Å². The van der Waals surface area contributed by atoms with Crippen LogP contribution >= 0.6 is 0 Å². The van der Waals surface area contributed by atoms with Gasteiger partial charge in [0.15, 0.2) is 0 Å². The van der Waals surface area contributed by atoms with Crippen LogP contribution in [0.4, 0.5) is 0 Å². The highest BCUT2D eigenvalue weighted by molar-refractivity contribution is 5.96. The molecule has 3 heterocycles. The van der Waals surface area contributed by atoms with Crippen molar-refractivity contribution < 1.29 is 14.7 Å². The predicted octanol–water partition coefficient (Wildman–Crippen LogP) is 1.59. The molecular weight excluding hydrogens is 308 g/mol. The molecule has 2 aliphatic rings. The van der Waals surface area contributed by atoms with E-state index in [1.807, 2.05) is 0 Å². The van der Waals surface area contributed by atoms with Gasteiger partial charge in [0.2, 0.25) is 0 Å². The normalized spacial score (nSPS) is 25.7. The molecular formula is C17H18N4O3. The average molecular weight is 326 g/mol. The molecule has 2 aromatic heterocycles. The molecule has 4 rings (SSSR count). The number of amides is 1. The van der Waals surface area contributed by atoms with Gasteiger partial charge < -0.3 is 10.0 Å². The summed E-state index contributed by atoms with van der Waals surface area (Å²) in [7, 11) is 0. The van der Waals surface area contributed by atoms with E-state index in [2.05, 4.69) is 10.1 Å². The van der Waals surface area contributed by atoms with Gasteiger partial charge in [0.05, 0.1) is 5.69 Å². The maximum Gasteiger partial charge on any atom is 0.326 e. The summed E-state index contributed by atoms with van der Waals surface area (Å²) in [6.07, 6.45) is 7.92. The summed E-state index contributed by atoms with van der Waals surface area (Å²) in [6.45, 7) is 0.508. The number of hydrogen-bond acceptors (Lipinski definition) is 4. The molecule has 1 saturated heterocycles. The Morgan fingerprint density at radius 2 is 2.12 bits per heavy atom. The number of aliphatic carboxylic acids is 1. The first-order valence-electron chi connectivity index (χ1n) is 8.15. The minimum atomic E-state index is -0.916. The quantitative estimate of drug-likeness (QED) is 0.925. The van der Waals surface area contributed by atoms with Crippen molar-refractivity contribution in [1.82, 2.24) is 19.7 Å². The molecule has 7 nitrogen and oxygen atoms in total. The first-order valence-corrected chi connectivity index (χ1v) is 8.15. The van der Waals surface area contributed by atoms with Gasteiger partial charge in [0.25, 0.3) is 5.91 Å². The van der Waals surface area contributed by atoms with Crippen molar-refractivity contribution in [3.8, 4) is 5.69 Å². The van der Waals surface area contributed by atoms with Gasteiger partial charge >= 0.3 is 5.97 Å². The third-order valence-electron chi connectivity index (χ3n) is 5.14. The minimum Gasteiger partial charge on any atom is -0.480 e. The van der Waals surface area contributed by atoms with E-state index in [-0.39, 0.29) is 17.5 Å². The molecule has 1 N–H and O–H groups in total. The first-order chi connectivity index (χ1) is 11.6. The lowest BCUT2D eigenvalue weighted by Crippen LogP contribution is -2.43. The molecule has 0 bridgehead atoms. The summed E-state index contributed by atoms with van der Waals surface area (Å²) < 4.78 is 1.64. The molecule has 3 atom stereocenters. The Kier molecular flexibility index (Phi) is 3.55. The van der Waals surface area contributed by atoms with E-state index < -0.39 is 12.0 Å². The van der Waals surface area contributed by atoms with Crippen molar-refractivity contribution in [2.75, 3.05) is 6.54 Å². The number of aromatic nitrogens is 3. The van der Waals surface area contributed by atoms with Crippen LogP contribution in [0.1, 0.15) is 29.8 Å². The maximum absolute atomic E-state index is 12.9. The van der Waals surface area contributed by atoms with Gasteiger partial charge in [-0.05, 0) is 42.9 Å². The zero-order valence-corrected chi connectivity index (χ0v) is 13.1. The summed E-state index contributed by atoms with van der Waals surface area (Å²) in [4.78, 5) is 30.2. The second-order valence-corrected chi connectivity index (χ2v) is 6.45. The molecule has 1 saturated carbocycles. The van der Waals surface area contributed by atoms with E-state index >= 15 is 0 Å². The van der Waals surface area contributed by atoms with Gasteiger partial charge in [-0.2, -0.15) is 5.10 Å². The van der Waals surface area contributed by atoms with Crippen LogP contribution in [0.25, 0.3) is 5.69 Å². The highest BCUT2D eigenvalue weighted by atomic mass is 16.4. The predicted molar refractivity (Wildman–Crippen MR) is 84.7 cm³/mol. The Bertz CT molecular complexity index is 774. The molecule has 0 spiro atoms. The maximum atomic E-state index is 12.9. The number of rotatable bonds is 3. The lowest BCUT2D eigenvalue weighted by Gasteiger charge is -2.24. The van der Waals surface area contributed by atoms with Gasteiger partial charge in [0, 0.05) is 25.1 Å². The zero-order chi connectivity index (χ0) is 16.7. The lowest BCUT2D eigenvalue weighted by atomic mass is 9.94. The van der Waals surface area contributed by atoms with E-state index in [4.69, 9.17) is 0 Å². The SMILES string of the molecule is O=C(O)C1C2CCCC2CN1C(=O)c1cc(-n2cccn2)ccn1. The van der Waals surface area contributed by atoms with Crippen LogP contribution in [0.15, 0.2) is 36.8 Å². The van der Waals surface area contributed by atoms with Crippen LogP contribution in [0.2, 0.25) is 0 Å². The molecule has 2 aromatic rings. The number of likely N-dealkylation sites (tertiary alicyclic amines) is 1. The summed E-state index contributed by atoms with van der Waals surface area (Å²) in [5, 5.41) is 13.7. The van der Waals surface area contributed by atoms with Crippen LogP contribution in [0.3, 0.4) is 0 Å². The number of carboxylic acid groups (broad SMARTS) is 1. The number of fused-ring (bicyclic) bond motifs is 1. The number of nitrogens with zero attached hydrogens (tertiary/aromatic N) is 4. The molecule has 1 aliphatic heterocycles. The van der Waals surface area contributed by atoms with Crippen LogP contribution in [0, 0.1) is 11.8 Å². The van der Waals surface area contributed by atoms with E-state index in [1.54, 1.807) is 41.5 Å². The van der Waals surface area contributed by atoms with Crippen LogP contribution in [0.5, 0.6) is 0 Å². The molecule has 7 heteroatoms. The lowest BCUT2D eigenvalue weighted by molar-refractivity contribution is -0.142. The van der Waals surface area contributed by atoms with Crippen molar-refractivity contribution in [3.05, 3.63) is 42.5 Å². The monoisotopic (exact) mass is 326 g/mol. The number of hydrogen-bond donors (Lipinski definition) is 1. The Labute approximate surface area is 138 Å². The summed E-state index contributed by atoms with van der Waals surface area (Å²) in [5.41, 5.74) is 0.985. The Hall–Kier alpha value is -2.70. The standard InChI is InChI=1S/C17H18N4O3/c22-16(14-9-12(5-7-18-14)21-8-2-6-19-21)20-10-11-3-1-4-13(11)15(20)17(23)24/h2,5-9,11,13,15H,1,3-4,10H2,(H,23,24). The smallest absolute Gasteiger partial charge is 0.326 e. The van der Waals surface area contributed by atoms with Gasteiger partial charge in [-0.1, -0.05) is 6.42 Å². The molecule has 0 aromatic carbocycles. The van der Waals surface area contributed by atoms with Gasteiger partial charge in [-0.25, -0.2) is 9.48 Å². The summed E-state index contributed by atoms with van der Waals surface area (Å²) >= 11 is 0. The Morgan fingerprint density at radius 3 is 2.88 bits per heavy atom. The van der Waals surface area contributed by atoms with Crippen LogP contribution in [-0.2, 0) is 4.79 Å². The van der Waals surface area contributed by atoms with E-state index in [9.17, 15) is 14.7 Å². The van der Waals surface area contributed by atoms with Crippen molar-refractivity contribution in [1.29, 1.82) is 0 Å². The van der Waals surface area contributed by atoms with E-state index in [0.717, 1.165) is 24.9 Å². The molecule has 1 aliphatic carbocycles. The fourth-order valence-corrected chi connectivity index (χ4v) is 4.08. The van der Waals surface area contributed by atoms with Crippen molar-refractivity contribution >= 4 is 11.9 Å². The second kappa shape index (κ2) is 5.74. The number of carbonyl (C=O) groups is 2. The molecule has 24 heavy (non-hydrogen) atoms. The van der Waals surface area contributed by atoms with Crippen LogP contribution in [-0.4, -0.2) is 49.2 Å². The highest BCUT2D eigenvalue weighted by Gasteiger charge is 2.49. The molecule has 2 fully saturated rings. The molecule has 1 amide bonds. The van der Waals surface area contributed by atoms with Crippen LogP contribution < -0.4 is 0 Å². The van der Waals surface area contributed by atoms with E-state index in [0.29, 0.717) is 12.5 Å². The topological polar surface area (TPSA) is 88.3 Å². The summed E-state index contributed by atoms with van der Waals surface area (Å²) in [6, 6.07) is 4.48. The van der Waals surface area contributed by atoms with Gasteiger partial charge in [-0.15, -0.1) is 0 Å². The number of carbonyl (C=O) groups excluding carboxylic acids is 1. The second-order valence-electron chi connectivity index (χ2n) is 6.45. The molecule has 0 radical (unpaired) electrons. The third kappa shape index (κ3) is 2.36.